The molecule has 1 aromatic heterocycles. The molecule has 3 atom stereocenters. The summed E-state index contributed by atoms with van der Waals surface area (Å²) in [6.07, 6.45) is 6.97. The van der Waals surface area contributed by atoms with Crippen LogP contribution in [0.25, 0.3) is 0 Å². The summed E-state index contributed by atoms with van der Waals surface area (Å²) >= 11 is 0. The highest BCUT2D eigenvalue weighted by molar-refractivity contribution is 5.96. The van der Waals surface area contributed by atoms with E-state index >= 15 is 0 Å². The molecule has 1 amide bonds. The number of hydrogen-bond donors (Lipinski definition) is 4. The van der Waals surface area contributed by atoms with Gasteiger partial charge in [-0.3, -0.25) is 4.79 Å². The zero-order chi connectivity index (χ0) is 21.6. The number of nitrogens with two attached hydrogens (primary N) is 1. The first-order valence-corrected chi connectivity index (χ1v) is 9.04. The second-order valence-electron chi connectivity index (χ2n) is 6.85. The van der Waals surface area contributed by atoms with Crippen molar-refractivity contribution in [3.8, 4) is 5.88 Å². The molecular formula is C18H25N5O6. The summed E-state index contributed by atoms with van der Waals surface area (Å²) < 4.78 is 5.11. The van der Waals surface area contributed by atoms with Crippen LogP contribution < -0.4 is 15.8 Å². The van der Waals surface area contributed by atoms with Crippen molar-refractivity contribution < 1.29 is 29.3 Å². The molecule has 0 aromatic carbocycles. The zero-order valence-electron chi connectivity index (χ0n) is 16.2. The quantitative estimate of drug-likeness (QED) is 0.492. The minimum Gasteiger partial charge on any atom is -0.480 e. The summed E-state index contributed by atoms with van der Waals surface area (Å²) in [6, 6.07) is 1.37. The molecule has 29 heavy (non-hydrogen) atoms. The number of piperidine rings is 1. The zero-order valence-corrected chi connectivity index (χ0v) is 16.2. The van der Waals surface area contributed by atoms with Crippen LogP contribution >= 0.6 is 0 Å². The van der Waals surface area contributed by atoms with E-state index in [1.54, 1.807) is 0 Å². The summed E-state index contributed by atoms with van der Waals surface area (Å²) in [6.45, 7) is 0. The Hall–Kier alpha value is -3.21. The second-order valence-corrected chi connectivity index (χ2v) is 6.85. The third-order valence-electron chi connectivity index (χ3n) is 5.01. The Morgan fingerprint density at radius 3 is 2.24 bits per heavy atom. The van der Waals surface area contributed by atoms with Gasteiger partial charge in [0, 0.05) is 36.5 Å². The smallest absolute Gasteiger partial charge is 0.328 e. The Kier molecular flexibility index (Phi) is 7.48. The standard InChI is InChI=1S/C14H21N5O2.C4H4O4/c1-19-9-3-4-10(19)6-8(5-9)17-12(20)11-7-16-14(15)18-13(11)21-2;5-3(6)1-2-4(7)8/h7-10H,3-6H2,1-2H3,(H,17,20)(H2,15,16,18);1-2H,(H,5,6)(H,7,8)/t8?,9-,10+;. The van der Waals surface area contributed by atoms with Crippen molar-refractivity contribution in [3.63, 3.8) is 0 Å². The fourth-order valence-electron chi connectivity index (χ4n) is 3.63. The molecule has 1 aromatic rings. The predicted molar refractivity (Wildman–Crippen MR) is 102 cm³/mol. The maximum Gasteiger partial charge on any atom is 0.328 e. The molecule has 2 aliphatic heterocycles. The van der Waals surface area contributed by atoms with E-state index < -0.39 is 11.9 Å². The Balaban J connectivity index is 0.000000321. The van der Waals surface area contributed by atoms with E-state index in [-0.39, 0.29) is 23.8 Å². The topological polar surface area (TPSA) is 168 Å². The highest BCUT2D eigenvalue weighted by Crippen LogP contribution is 2.34. The number of aliphatic carboxylic acids is 2. The van der Waals surface area contributed by atoms with Crippen LogP contribution in [-0.4, -0.2) is 75.2 Å². The summed E-state index contributed by atoms with van der Waals surface area (Å²) in [5, 5.41) is 18.7. The molecule has 3 heterocycles. The third kappa shape index (κ3) is 6.14. The SMILES string of the molecule is COc1nc(N)ncc1C(=O)NC1C[C@H]2CC[C@@H](C1)N2C.O=C(O)C=CC(=O)O. The highest BCUT2D eigenvalue weighted by atomic mass is 16.5. The van der Waals surface area contributed by atoms with E-state index in [9.17, 15) is 14.4 Å². The lowest BCUT2D eigenvalue weighted by atomic mass is 9.98. The van der Waals surface area contributed by atoms with Gasteiger partial charge in [0.05, 0.1) is 7.11 Å². The first-order valence-electron chi connectivity index (χ1n) is 9.04. The minimum absolute atomic E-state index is 0.0979. The number of rotatable bonds is 5. The molecule has 11 heteroatoms. The molecule has 2 aliphatic rings. The van der Waals surface area contributed by atoms with E-state index in [4.69, 9.17) is 20.7 Å². The van der Waals surface area contributed by atoms with Crippen molar-refractivity contribution in [3.05, 3.63) is 23.9 Å². The van der Waals surface area contributed by atoms with Gasteiger partial charge in [-0.15, -0.1) is 0 Å². The van der Waals surface area contributed by atoms with Gasteiger partial charge in [-0.25, -0.2) is 14.6 Å². The lowest BCUT2D eigenvalue weighted by Gasteiger charge is -2.36. The number of nitrogens with zero attached hydrogens (tertiary/aromatic N) is 3. The molecule has 0 aliphatic carbocycles. The molecule has 5 N–H and O–H groups in total. The van der Waals surface area contributed by atoms with Gasteiger partial charge < -0.3 is 30.9 Å². The van der Waals surface area contributed by atoms with Crippen LogP contribution in [0.5, 0.6) is 5.88 Å². The molecule has 2 bridgehead atoms. The number of aromatic nitrogens is 2. The Morgan fingerprint density at radius 1 is 1.21 bits per heavy atom. The Bertz CT molecular complexity index is 769. The van der Waals surface area contributed by atoms with Gasteiger partial charge in [0.25, 0.3) is 5.91 Å². The molecule has 2 saturated heterocycles. The third-order valence-corrected chi connectivity index (χ3v) is 5.01. The number of carboxylic acid groups (broad SMARTS) is 2. The number of carbonyl (C=O) groups is 3. The van der Waals surface area contributed by atoms with E-state index in [1.807, 2.05) is 0 Å². The minimum atomic E-state index is -1.26. The van der Waals surface area contributed by atoms with Crippen LogP contribution in [0.3, 0.4) is 0 Å². The Labute approximate surface area is 167 Å². The number of fused-ring (bicyclic) bond motifs is 2. The number of anilines is 1. The lowest BCUT2D eigenvalue weighted by molar-refractivity contribution is -0.134. The predicted octanol–water partition coefficient (Wildman–Crippen LogP) is 0.134. The molecule has 0 saturated carbocycles. The van der Waals surface area contributed by atoms with Crippen LogP contribution in [0.1, 0.15) is 36.0 Å². The van der Waals surface area contributed by atoms with Gasteiger partial charge in [0.1, 0.15) is 5.56 Å². The summed E-state index contributed by atoms with van der Waals surface area (Å²) in [5.74, 6) is -2.39. The van der Waals surface area contributed by atoms with Gasteiger partial charge >= 0.3 is 11.9 Å². The maximum atomic E-state index is 12.4. The summed E-state index contributed by atoms with van der Waals surface area (Å²) in [4.78, 5) is 41.8. The number of ether oxygens (including phenoxy) is 1. The number of hydrogen-bond acceptors (Lipinski definition) is 8. The molecule has 2 fully saturated rings. The summed E-state index contributed by atoms with van der Waals surface area (Å²) in [7, 11) is 3.64. The first kappa shape index (κ1) is 22.1. The average Bonchev–Trinajstić information content (AvgIpc) is 2.87. The molecule has 11 nitrogen and oxygen atoms in total. The van der Waals surface area contributed by atoms with Crippen LogP contribution in [0, 0.1) is 0 Å². The Morgan fingerprint density at radius 2 is 1.76 bits per heavy atom. The van der Waals surface area contributed by atoms with Gasteiger partial charge in [0.2, 0.25) is 11.8 Å². The van der Waals surface area contributed by atoms with Crippen molar-refractivity contribution in [2.24, 2.45) is 0 Å². The molecule has 1 unspecified atom stereocenters. The highest BCUT2D eigenvalue weighted by Gasteiger charge is 2.39. The molecule has 3 rings (SSSR count). The van der Waals surface area contributed by atoms with E-state index in [1.165, 1.54) is 26.1 Å². The van der Waals surface area contributed by atoms with Crippen molar-refractivity contribution in [2.45, 2.75) is 43.8 Å². The fourth-order valence-corrected chi connectivity index (χ4v) is 3.63. The molecular weight excluding hydrogens is 382 g/mol. The normalized spacial score (nSPS) is 23.2. The van der Waals surface area contributed by atoms with E-state index in [0.717, 1.165) is 12.8 Å². The maximum absolute atomic E-state index is 12.4. The van der Waals surface area contributed by atoms with Crippen molar-refractivity contribution in [2.75, 3.05) is 19.9 Å². The average molecular weight is 407 g/mol. The van der Waals surface area contributed by atoms with Gasteiger partial charge in [-0.2, -0.15) is 4.98 Å². The number of carbonyl (C=O) groups excluding carboxylic acids is 1. The van der Waals surface area contributed by atoms with Crippen molar-refractivity contribution >= 4 is 23.8 Å². The van der Waals surface area contributed by atoms with Crippen molar-refractivity contribution in [1.29, 1.82) is 0 Å². The van der Waals surface area contributed by atoms with Gasteiger partial charge in [-0.05, 0) is 32.7 Å². The lowest BCUT2D eigenvalue weighted by Crippen LogP contribution is -2.48. The van der Waals surface area contributed by atoms with Crippen molar-refractivity contribution in [1.82, 2.24) is 20.2 Å². The van der Waals surface area contributed by atoms with Gasteiger partial charge in [0.15, 0.2) is 0 Å². The number of nitrogens with one attached hydrogen (secondary N) is 1. The van der Waals surface area contributed by atoms with Gasteiger partial charge in [-0.1, -0.05) is 0 Å². The monoisotopic (exact) mass is 407 g/mol. The number of methoxy groups -OCH3 is 1. The van der Waals surface area contributed by atoms with Crippen LogP contribution in [-0.2, 0) is 9.59 Å². The van der Waals surface area contributed by atoms with Crippen LogP contribution in [0.2, 0.25) is 0 Å². The molecule has 158 valence electrons. The molecule has 0 spiro atoms. The van der Waals surface area contributed by atoms with E-state index in [2.05, 4.69) is 27.2 Å². The number of carboxylic acids is 2. The number of amides is 1. The summed E-state index contributed by atoms with van der Waals surface area (Å²) in [5.41, 5.74) is 5.84. The van der Waals surface area contributed by atoms with E-state index in [0.29, 0.717) is 29.8 Å². The van der Waals surface area contributed by atoms with Crippen LogP contribution in [0.4, 0.5) is 5.95 Å². The first-order chi connectivity index (χ1) is 13.7. The fraction of sp³-hybridized carbons (Fsp3) is 0.500. The second kappa shape index (κ2) is 9.82. The van der Waals surface area contributed by atoms with Crippen LogP contribution in [0.15, 0.2) is 18.3 Å². The number of nitrogen functional groups attached to an aromatic ring is 1. The molecule has 0 radical (unpaired) electrons. The largest absolute Gasteiger partial charge is 0.480 e.